The number of H-pyrrole nitrogens is 1. The largest absolute Gasteiger partial charge is 0.465 e. The Kier molecular flexibility index (Phi) is 7.37. The van der Waals surface area contributed by atoms with Crippen LogP contribution in [0.4, 0.5) is 13.6 Å². The molecular formula is C29H28F2N4O3. The lowest BCUT2D eigenvalue weighted by Crippen LogP contribution is -2.40. The van der Waals surface area contributed by atoms with Crippen LogP contribution in [0.5, 0.6) is 0 Å². The Morgan fingerprint density at radius 3 is 2.45 bits per heavy atom. The third-order valence-electron chi connectivity index (χ3n) is 7.03. The third kappa shape index (κ3) is 5.52. The first-order valence-electron chi connectivity index (χ1n) is 12.5. The normalized spacial score (nSPS) is 17.5. The lowest BCUT2D eigenvalue weighted by atomic mass is 10.0. The first-order valence-corrected chi connectivity index (χ1v) is 12.5. The minimum atomic E-state index is -1.06. The number of aromatic amines is 1. The lowest BCUT2D eigenvalue weighted by Gasteiger charge is -2.24. The van der Waals surface area contributed by atoms with Gasteiger partial charge in [0.2, 0.25) is 0 Å². The van der Waals surface area contributed by atoms with Gasteiger partial charge in [-0.15, -0.1) is 0 Å². The number of nitrogens with zero attached hydrogens (tertiary/aromatic N) is 1. The highest BCUT2D eigenvalue weighted by molar-refractivity contribution is 6.09. The Morgan fingerprint density at radius 2 is 1.71 bits per heavy atom. The average molecular weight is 519 g/mol. The van der Waals surface area contributed by atoms with Gasteiger partial charge in [0.1, 0.15) is 17.3 Å². The predicted molar refractivity (Wildman–Crippen MR) is 141 cm³/mol. The fraction of sp³-hybridized carbons (Fsp3) is 0.241. The average Bonchev–Trinajstić information content (AvgIpc) is 3.49. The number of fused-ring (bicyclic) bond motifs is 1. The van der Waals surface area contributed by atoms with Crippen molar-refractivity contribution in [2.24, 2.45) is 5.92 Å². The molecule has 2 amide bonds. The van der Waals surface area contributed by atoms with Gasteiger partial charge in [-0.05, 0) is 41.7 Å². The van der Waals surface area contributed by atoms with Crippen molar-refractivity contribution < 1.29 is 23.5 Å². The van der Waals surface area contributed by atoms with E-state index < -0.39 is 23.6 Å². The van der Waals surface area contributed by atoms with Crippen LogP contribution in [0.3, 0.4) is 0 Å². The highest BCUT2D eigenvalue weighted by Gasteiger charge is 2.33. The summed E-state index contributed by atoms with van der Waals surface area (Å²) in [5.41, 5.74) is 2.64. The smallest absolute Gasteiger partial charge is 0.404 e. The molecule has 5 rings (SSSR count). The molecule has 0 spiro atoms. The molecule has 2 atom stereocenters. The van der Waals surface area contributed by atoms with Crippen LogP contribution in [0, 0.1) is 17.6 Å². The molecule has 1 fully saturated rings. The second-order valence-electron chi connectivity index (χ2n) is 9.61. The molecule has 2 heterocycles. The Labute approximate surface area is 218 Å². The molecule has 1 aromatic heterocycles. The van der Waals surface area contributed by atoms with Crippen LogP contribution in [-0.4, -0.2) is 52.7 Å². The topological polar surface area (TPSA) is 97.5 Å². The van der Waals surface area contributed by atoms with E-state index in [0.29, 0.717) is 49.1 Å². The number of halogens is 2. The van der Waals surface area contributed by atoms with Gasteiger partial charge in [-0.1, -0.05) is 54.6 Å². The fourth-order valence-corrected chi connectivity index (χ4v) is 5.26. The van der Waals surface area contributed by atoms with Gasteiger partial charge in [-0.25, -0.2) is 13.6 Å². The SMILES string of the molecule is O=C(O)NC[C@H]1C[C@@H](CNC(=O)c2[nH]c3c(F)cccc3c2-c2ccc(F)cc2)N(Cc2ccccc2)C1. The summed E-state index contributed by atoms with van der Waals surface area (Å²) in [6.07, 6.45) is -0.352. The summed E-state index contributed by atoms with van der Waals surface area (Å²) in [6.45, 7) is 2.02. The number of carbonyl (C=O) groups is 2. The van der Waals surface area contributed by atoms with E-state index >= 15 is 0 Å². The number of rotatable bonds is 8. The number of amides is 2. The van der Waals surface area contributed by atoms with Crippen molar-refractivity contribution in [2.75, 3.05) is 19.6 Å². The Morgan fingerprint density at radius 1 is 0.947 bits per heavy atom. The third-order valence-corrected chi connectivity index (χ3v) is 7.03. The number of hydrogen-bond acceptors (Lipinski definition) is 3. The molecule has 0 saturated carbocycles. The standard InChI is InChI=1S/C29H28F2N4O3/c30-21-11-9-20(10-12-21)25-23-7-4-8-24(31)26(23)34-27(25)28(36)32-15-22-13-19(14-33-29(37)38)17-35(22)16-18-5-2-1-3-6-18/h1-12,19,22,33-34H,13-17H2,(H,32,36)(H,37,38)/t19-,22+/m1/s1. The molecule has 1 aliphatic rings. The molecule has 4 N–H and O–H groups in total. The molecule has 0 unspecified atom stereocenters. The fourth-order valence-electron chi connectivity index (χ4n) is 5.26. The summed E-state index contributed by atoms with van der Waals surface area (Å²) in [6, 6.07) is 20.3. The zero-order valence-corrected chi connectivity index (χ0v) is 20.6. The van der Waals surface area contributed by atoms with Gasteiger partial charge in [0.05, 0.1) is 5.52 Å². The van der Waals surface area contributed by atoms with Crippen LogP contribution in [0.1, 0.15) is 22.5 Å². The Balaban J connectivity index is 1.38. The van der Waals surface area contributed by atoms with E-state index in [1.54, 1.807) is 24.3 Å². The molecule has 0 bridgehead atoms. The maximum atomic E-state index is 14.6. The molecule has 4 aromatic rings. The summed E-state index contributed by atoms with van der Waals surface area (Å²) in [5.74, 6) is -1.18. The Hall–Kier alpha value is -4.24. The number of para-hydroxylation sites is 1. The quantitative estimate of drug-likeness (QED) is 0.264. The van der Waals surface area contributed by atoms with Crippen LogP contribution in [0.25, 0.3) is 22.0 Å². The summed E-state index contributed by atoms with van der Waals surface area (Å²) in [7, 11) is 0. The zero-order valence-electron chi connectivity index (χ0n) is 20.6. The van der Waals surface area contributed by atoms with E-state index in [4.69, 9.17) is 5.11 Å². The van der Waals surface area contributed by atoms with Crippen molar-refractivity contribution in [3.63, 3.8) is 0 Å². The van der Waals surface area contributed by atoms with Crippen molar-refractivity contribution in [1.29, 1.82) is 0 Å². The van der Waals surface area contributed by atoms with Crippen molar-refractivity contribution in [1.82, 2.24) is 20.5 Å². The van der Waals surface area contributed by atoms with Crippen LogP contribution >= 0.6 is 0 Å². The van der Waals surface area contributed by atoms with Gasteiger partial charge in [-0.2, -0.15) is 0 Å². The monoisotopic (exact) mass is 518 g/mol. The molecule has 3 aromatic carbocycles. The lowest BCUT2D eigenvalue weighted by molar-refractivity contribution is 0.0936. The van der Waals surface area contributed by atoms with Crippen molar-refractivity contribution in [3.8, 4) is 11.1 Å². The number of benzene rings is 3. The summed E-state index contributed by atoms with van der Waals surface area (Å²) in [5, 5.41) is 15.0. The highest BCUT2D eigenvalue weighted by atomic mass is 19.1. The van der Waals surface area contributed by atoms with E-state index in [9.17, 15) is 18.4 Å². The molecule has 7 nitrogen and oxygen atoms in total. The van der Waals surface area contributed by atoms with Crippen LogP contribution in [-0.2, 0) is 6.54 Å². The summed E-state index contributed by atoms with van der Waals surface area (Å²) < 4.78 is 28.2. The van der Waals surface area contributed by atoms with Crippen LogP contribution < -0.4 is 10.6 Å². The zero-order chi connectivity index (χ0) is 26.6. The van der Waals surface area contributed by atoms with E-state index in [-0.39, 0.29) is 23.2 Å². The molecule has 9 heteroatoms. The Bertz CT molecular complexity index is 1440. The van der Waals surface area contributed by atoms with Gasteiger partial charge in [0.25, 0.3) is 5.91 Å². The molecular weight excluding hydrogens is 490 g/mol. The van der Waals surface area contributed by atoms with E-state index in [0.717, 1.165) is 5.56 Å². The van der Waals surface area contributed by atoms with Gasteiger partial charge in [0, 0.05) is 43.2 Å². The van der Waals surface area contributed by atoms with Gasteiger partial charge in [-0.3, -0.25) is 9.69 Å². The number of nitrogens with one attached hydrogen (secondary N) is 3. The van der Waals surface area contributed by atoms with Crippen molar-refractivity contribution >= 4 is 22.9 Å². The molecule has 196 valence electrons. The molecule has 1 aliphatic heterocycles. The molecule has 0 aliphatic carbocycles. The highest BCUT2D eigenvalue weighted by Crippen LogP contribution is 2.34. The van der Waals surface area contributed by atoms with Crippen molar-refractivity contribution in [3.05, 3.63) is 95.7 Å². The minimum Gasteiger partial charge on any atom is -0.465 e. The number of aromatic nitrogens is 1. The maximum Gasteiger partial charge on any atom is 0.404 e. The number of likely N-dealkylation sites (tertiary alicyclic amines) is 1. The second kappa shape index (κ2) is 11.0. The van der Waals surface area contributed by atoms with Gasteiger partial charge in [0.15, 0.2) is 0 Å². The van der Waals surface area contributed by atoms with E-state index in [1.807, 2.05) is 30.3 Å². The molecule has 1 saturated heterocycles. The number of carboxylic acid groups (broad SMARTS) is 1. The summed E-state index contributed by atoms with van der Waals surface area (Å²) in [4.78, 5) is 29.7. The first-order chi connectivity index (χ1) is 18.4. The molecule has 0 radical (unpaired) electrons. The van der Waals surface area contributed by atoms with Crippen LogP contribution in [0.15, 0.2) is 72.8 Å². The van der Waals surface area contributed by atoms with E-state index in [2.05, 4.69) is 20.5 Å². The predicted octanol–water partition coefficient (Wildman–Crippen LogP) is 5.00. The number of hydrogen-bond donors (Lipinski definition) is 4. The van der Waals surface area contributed by atoms with Gasteiger partial charge >= 0.3 is 6.09 Å². The molecule has 38 heavy (non-hydrogen) atoms. The van der Waals surface area contributed by atoms with E-state index in [1.165, 1.54) is 18.2 Å². The maximum absolute atomic E-state index is 14.6. The minimum absolute atomic E-state index is 0.0184. The summed E-state index contributed by atoms with van der Waals surface area (Å²) >= 11 is 0. The van der Waals surface area contributed by atoms with Crippen molar-refractivity contribution in [2.45, 2.75) is 19.0 Å². The number of carbonyl (C=O) groups excluding carboxylic acids is 1. The second-order valence-corrected chi connectivity index (χ2v) is 9.61. The van der Waals surface area contributed by atoms with Crippen LogP contribution in [0.2, 0.25) is 0 Å². The first kappa shape index (κ1) is 25.4. The van der Waals surface area contributed by atoms with Gasteiger partial charge < -0.3 is 20.7 Å².